The lowest BCUT2D eigenvalue weighted by atomic mass is 10.1. The van der Waals surface area contributed by atoms with E-state index in [-0.39, 0.29) is 35.3 Å². The molecule has 3 aromatic rings. The molecule has 39 heavy (non-hydrogen) atoms. The Hall–Kier alpha value is -4.52. The number of rotatable bonds is 11. The Balaban J connectivity index is 1.77. The Kier molecular flexibility index (Phi) is 9.55. The third-order valence-electron chi connectivity index (χ3n) is 5.51. The van der Waals surface area contributed by atoms with E-state index in [1.54, 1.807) is 50.5 Å². The predicted molar refractivity (Wildman–Crippen MR) is 144 cm³/mol. The molecule has 0 saturated heterocycles. The van der Waals surface area contributed by atoms with Crippen LogP contribution in [-0.2, 0) is 17.8 Å². The minimum Gasteiger partial charge on any atom is -0.480 e. The fourth-order valence-corrected chi connectivity index (χ4v) is 3.57. The zero-order valence-electron chi connectivity index (χ0n) is 21.7. The maximum Gasteiger partial charge on any atom is 0.414 e. The van der Waals surface area contributed by atoms with E-state index in [0.717, 1.165) is 5.56 Å². The standard InChI is InChI=1S/C25H28ClN7O6/c1-15(2)32(14-17-5-9-18(10-6-17)33(37)38)24-29-22(26)28-23(30-24)27-20(21(34)35)13-16-7-11-19(12-8-16)39-25(36)31(3)4/h5-12,15,20H,13-14H2,1-4H3,(H,34,35)(H,27,28,29,30)/t20-/m0/s1. The molecular weight excluding hydrogens is 530 g/mol. The minimum atomic E-state index is -1.14. The number of hydrogen-bond acceptors (Lipinski definition) is 10. The van der Waals surface area contributed by atoms with E-state index in [1.807, 2.05) is 18.7 Å². The number of non-ortho nitro benzene ring substituents is 1. The first-order valence-electron chi connectivity index (χ1n) is 11.8. The fourth-order valence-electron chi connectivity index (χ4n) is 3.41. The molecule has 0 aliphatic rings. The largest absolute Gasteiger partial charge is 0.480 e. The van der Waals surface area contributed by atoms with E-state index in [2.05, 4.69) is 20.3 Å². The molecule has 0 aliphatic carbocycles. The lowest BCUT2D eigenvalue weighted by Gasteiger charge is -2.27. The fraction of sp³-hybridized carbons (Fsp3) is 0.320. The Morgan fingerprint density at radius 2 is 1.67 bits per heavy atom. The lowest BCUT2D eigenvalue weighted by molar-refractivity contribution is -0.384. The molecular formula is C25H28ClN7O6. The summed E-state index contributed by atoms with van der Waals surface area (Å²) in [6.07, 6.45) is -0.452. The van der Waals surface area contributed by atoms with Crippen LogP contribution in [0.1, 0.15) is 25.0 Å². The van der Waals surface area contributed by atoms with Gasteiger partial charge in [-0.3, -0.25) is 10.1 Å². The van der Waals surface area contributed by atoms with Crippen molar-refractivity contribution >= 4 is 41.2 Å². The number of nitro benzene ring substituents is 1. The number of carbonyl (C=O) groups excluding carboxylic acids is 1. The van der Waals surface area contributed by atoms with Gasteiger partial charge in [0.15, 0.2) is 0 Å². The number of carbonyl (C=O) groups is 2. The normalized spacial score (nSPS) is 11.5. The number of nitrogens with one attached hydrogen (secondary N) is 1. The van der Waals surface area contributed by atoms with Gasteiger partial charge >= 0.3 is 12.1 Å². The van der Waals surface area contributed by atoms with Crippen molar-refractivity contribution in [3.63, 3.8) is 0 Å². The van der Waals surface area contributed by atoms with Gasteiger partial charge in [0, 0.05) is 45.2 Å². The summed E-state index contributed by atoms with van der Waals surface area (Å²) in [5, 5.41) is 23.5. The summed E-state index contributed by atoms with van der Waals surface area (Å²) in [7, 11) is 3.13. The van der Waals surface area contributed by atoms with Gasteiger partial charge in [0.1, 0.15) is 11.8 Å². The van der Waals surface area contributed by atoms with Crippen LogP contribution in [0, 0.1) is 10.1 Å². The first kappa shape index (κ1) is 29.0. The molecule has 0 unspecified atom stereocenters. The first-order valence-corrected chi connectivity index (χ1v) is 12.2. The van der Waals surface area contributed by atoms with E-state index < -0.39 is 23.0 Å². The third-order valence-corrected chi connectivity index (χ3v) is 5.68. The number of anilines is 2. The molecule has 1 aromatic heterocycles. The molecule has 0 fully saturated rings. The Bertz CT molecular complexity index is 1320. The van der Waals surface area contributed by atoms with E-state index in [9.17, 15) is 24.8 Å². The van der Waals surface area contributed by atoms with Crippen molar-refractivity contribution < 1.29 is 24.4 Å². The quantitative estimate of drug-likeness (QED) is 0.258. The highest BCUT2D eigenvalue weighted by Crippen LogP contribution is 2.22. The number of nitrogens with zero attached hydrogens (tertiary/aromatic N) is 6. The van der Waals surface area contributed by atoms with Crippen molar-refractivity contribution in [2.24, 2.45) is 0 Å². The number of carboxylic acid groups (broad SMARTS) is 1. The number of halogens is 1. The number of amides is 1. The van der Waals surface area contributed by atoms with Crippen molar-refractivity contribution in [1.29, 1.82) is 0 Å². The van der Waals surface area contributed by atoms with Crippen LogP contribution in [0.2, 0.25) is 5.28 Å². The molecule has 2 aromatic carbocycles. The number of benzene rings is 2. The predicted octanol–water partition coefficient (Wildman–Crippen LogP) is 4.02. The highest BCUT2D eigenvalue weighted by Gasteiger charge is 2.22. The molecule has 1 amide bonds. The second-order valence-corrected chi connectivity index (χ2v) is 9.36. The molecule has 0 aliphatic heterocycles. The molecule has 0 radical (unpaired) electrons. The summed E-state index contributed by atoms with van der Waals surface area (Å²) >= 11 is 6.17. The van der Waals surface area contributed by atoms with Crippen molar-refractivity contribution in [2.75, 3.05) is 24.3 Å². The van der Waals surface area contributed by atoms with Crippen LogP contribution in [0.3, 0.4) is 0 Å². The second kappa shape index (κ2) is 12.8. The zero-order chi connectivity index (χ0) is 28.7. The van der Waals surface area contributed by atoms with Crippen LogP contribution in [0.4, 0.5) is 22.4 Å². The average molecular weight is 558 g/mol. The molecule has 1 heterocycles. The molecule has 1 atom stereocenters. The SMILES string of the molecule is CC(C)N(Cc1ccc([N+](=O)[O-])cc1)c1nc(Cl)nc(N[C@@H](Cc2ccc(OC(=O)N(C)C)cc2)C(=O)O)n1. The Morgan fingerprint density at radius 1 is 1.05 bits per heavy atom. The van der Waals surface area contributed by atoms with Gasteiger partial charge in [-0.1, -0.05) is 24.3 Å². The third kappa shape index (κ3) is 8.23. The molecule has 3 rings (SSSR count). The number of hydrogen-bond donors (Lipinski definition) is 2. The Morgan fingerprint density at radius 3 is 2.21 bits per heavy atom. The van der Waals surface area contributed by atoms with E-state index in [4.69, 9.17) is 16.3 Å². The first-order chi connectivity index (χ1) is 18.4. The minimum absolute atomic E-state index is 0.0199. The summed E-state index contributed by atoms with van der Waals surface area (Å²) < 4.78 is 5.18. The summed E-state index contributed by atoms with van der Waals surface area (Å²) in [5.41, 5.74) is 1.43. The molecule has 0 saturated carbocycles. The van der Waals surface area contributed by atoms with Gasteiger partial charge < -0.3 is 25.0 Å². The summed E-state index contributed by atoms with van der Waals surface area (Å²) in [6, 6.07) is 11.4. The maximum absolute atomic E-state index is 12.0. The van der Waals surface area contributed by atoms with Gasteiger partial charge in [-0.25, -0.2) is 9.59 Å². The van der Waals surface area contributed by atoms with Crippen LogP contribution >= 0.6 is 11.6 Å². The summed E-state index contributed by atoms with van der Waals surface area (Å²) in [6.45, 7) is 4.15. The van der Waals surface area contributed by atoms with Crippen LogP contribution in [0.5, 0.6) is 5.75 Å². The van der Waals surface area contributed by atoms with Crippen LogP contribution in [0.25, 0.3) is 0 Å². The number of ether oxygens (including phenoxy) is 1. The van der Waals surface area contributed by atoms with Gasteiger partial charge in [0.05, 0.1) is 4.92 Å². The highest BCUT2D eigenvalue weighted by atomic mass is 35.5. The molecule has 2 N–H and O–H groups in total. The van der Waals surface area contributed by atoms with Gasteiger partial charge in [-0.15, -0.1) is 0 Å². The smallest absolute Gasteiger partial charge is 0.414 e. The number of aromatic nitrogens is 3. The number of aliphatic carboxylic acids is 1. The van der Waals surface area contributed by atoms with Crippen molar-refractivity contribution in [3.05, 3.63) is 75.1 Å². The van der Waals surface area contributed by atoms with Gasteiger partial charge in [0.2, 0.25) is 17.2 Å². The molecule has 13 nitrogen and oxygen atoms in total. The van der Waals surface area contributed by atoms with E-state index in [1.165, 1.54) is 17.0 Å². The Labute approximate surface area is 229 Å². The molecule has 0 spiro atoms. The molecule has 206 valence electrons. The second-order valence-electron chi connectivity index (χ2n) is 9.02. The van der Waals surface area contributed by atoms with Crippen LogP contribution in [0.15, 0.2) is 48.5 Å². The van der Waals surface area contributed by atoms with Crippen molar-refractivity contribution in [2.45, 2.75) is 38.9 Å². The van der Waals surface area contributed by atoms with Crippen LogP contribution < -0.4 is 15.0 Å². The highest BCUT2D eigenvalue weighted by molar-refractivity contribution is 6.28. The van der Waals surface area contributed by atoms with Crippen LogP contribution in [-0.4, -0.2) is 68.1 Å². The maximum atomic E-state index is 12.0. The lowest BCUT2D eigenvalue weighted by Crippen LogP contribution is -2.34. The van der Waals surface area contributed by atoms with E-state index >= 15 is 0 Å². The zero-order valence-corrected chi connectivity index (χ0v) is 22.5. The summed E-state index contributed by atoms with van der Waals surface area (Å²) in [4.78, 5) is 50.0. The van der Waals surface area contributed by atoms with E-state index in [0.29, 0.717) is 17.9 Å². The van der Waals surface area contributed by atoms with Gasteiger partial charge in [0.25, 0.3) is 5.69 Å². The summed E-state index contributed by atoms with van der Waals surface area (Å²) in [5.74, 6) is -0.624. The van der Waals surface area contributed by atoms with Crippen molar-refractivity contribution in [1.82, 2.24) is 19.9 Å². The van der Waals surface area contributed by atoms with Gasteiger partial charge in [-0.2, -0.15) is 15.0 Å². The van der Waals surface area contributed by atoms with Crippen molar-refractivity contribution in [3.8, 4) is 5.75 Å². The number of carboxylic acids is 1. The number of nitro groups is 1. The average Bonchev–Trinajstić information content (AvgIpc) is 2.87. The monoisotopic (exact) mass is 557 g/mol. The molecule has 0 bridgehead atoms. The molecule has 14 heteroatoms. The topological polar surface area (TPSA) is 164 Å². The van der Waals surface area contributed by atoms with Gasteiger partial charge in [-0.05, 0) is 48.7 Å².